The van der Waals surface area contributed by atoms with Gasteiger partial charge in [0.05, 0.1) is 0 Å². The van der Waals surface area contributed by atoms with Crippen molar-refractivity contribution >= 4 is 23.8 Å². The number of nitrogens with zero attached hydrogens (tertiary/aromatic N) is 1. The van der Waals surface area contributed by atoms with Crippen LogP contribution < -0.4 is 5.32 Å². The third-order valence-corrected chi connectivity index (χ3v) is 3.99. The molecule has 0 aliphatic carbocycles. The summed E-state index contributed by atoms with van der Waals surface area (Å²) in [5.74, 6) is -0.363. The Morgan fingerprint density at radius 2 is 2.17 bits per heavy atom. The summed E-state index contributed by atoms with van der Waals surface area (Å²) in [6.07, 6.45) is -1.40. The number of aliphatic hydroxyl groups excluding tert-OH is 1. The molecule has 18 heavy (non-hydrogen) atoms. The number of nitrogens with one attached hydrogen (secondary N) is 1. The van der Waals surface area contributed by atoms with Gasteiger partial charge in [-0.1, -0.05) is 0 Å². The van der Waals surface area contributed by atoms with Crippen LogP contribution in [0.5, 0.6) is 0 Å². The Balaban J connectivity index is 2.30. The van der Waals surface area contributed by atoms with Gasteiger partial charge in [-0.05, 0) is 13.8 Å². The van der Waals surface area contributed by atoms with E-state index in [1.54, 1.807) is 4.90 Å². The van der Waals surface area contributed by atoms with Crippen LogP contribution in [-0.4, -0.2) is 63.4 Å². The van der Waals surface area contributed by atoms with E-state index in [-0.39, 0.29) is 23.7 Å². The Kier molecular flexibility index (Phi) is 5.28. The SMILES string of the molecule is CC1(C)CN(C(=O)NCC[C@H](O)C(=O)O)CCS1. The molecule has 0 unspecified atom stereocenters. The molecule has 6 nitrogen and oxygen atoms in total. The maximum Gasteiger partial charge on any atom is 0.332 e. The van der Waals surface area contributed by atoms with Gasteiger partial charge in [-0.25, -0.2) is 9.59 Å². The van der Waals surface area contributed by atoms with E-state index in [1.807, 2.05) is 11.8 Å². The number of thioether (sulfide) groups is 1. The second-order valence-electron chi connectivity index (χ2n) is 4.90. The van der Waals surface area contributed by atoms with Crippen LogP contribution in [0.3, 0.4) is 0 Å². The summed E-state index contributed by atoms with van der Waals surface area (Å²) in [6.45, 7) is 5.71. The lowest BCUT2D eigenvalue weighted by Crippen LogP contribution is -2.50. The molecule has 104 valence electrons. The number of aliphatic hydroxyl groups is 1. The summed E-state index contributed by atoms with van der Waals surface area (Å²) in [6, 6.07) is -0.194. The standard InChI is InChI=1S/C11H20N2O4S/c1-11(2)7-13(5-6-18-11)10(17)12-4-3-8(14)9(15)16/h8,14H,3-7H2,1-2H3,(H,12,17)(H,15,16)/t8-/m0/s1. The van der Waals surface area contributed by atoms with Crippen LogP contribution in [0.4, 0.5) is 4.79 Å². The lowest BCUT2D eigenvalue weighted by Gasteiger charge is -2.37. The van der Waals surface area contributed by atoms with Crippen molar-refractivity contribution in [2.24, 2.45) is 0 Å². The van der Waals surface area contributed by atoms with Gasteiger partial charge in [-0.3, -0.25) is 0 Å². The maximum atomic E-state index is 11.8. The maximum absolute atomic E-state index is 11.8. The van der Waals surface area contributed by atoms with Gasteiger partial charge in [-0.15, -0.1) is 0 Å². The first-order valence-electron chi connectivity index (χ1n) is 5.89. The number of carbonyl (C=O) groups is 2. The van der Waals surface area contributed by atoms with Crippen LogP contribution in [-0.2, 0) is 4.79 Å². The van der Waals surface area contributed by atoms with E-state index in [4.69, 9.17) is 10.2 Å². The van der Waals surface area contributed by atoms with Crippen LogP contribution in [0.15, 0.2) is 0 Å². The molecule has 1 rings (SSSR count). The van der Waals surface area contributed by atoms with Crippen molar-refractivity contribution in [1.82, 2.24) is 10.2 Å². The van der Waals surface area contributed by atoms with E-state index in [2.05, 4.69) is 19.2 Å². The average molecular weight is 276 g/mol. The third-order valence-electron chi connectivity index (χ3n) is 2.69. The Hall–Kier alpha value is -0.950. The van der Waals surface area contributed by atoms with Gasteiger partial charge in [0.15, 0.2) is 6.10 Å². The molecule has 0 aromatic rings. The minimum Gasteiger partial charge on any atom is -0.479 e. The Morgan fingerprint density at radius 3 is 2.72 bits per heavy atom. The fourth-order valence-corrected chi connectivity index (χ4v) is 2.85. The summed E-state index contributed by atoms with van der Waals surface area (Å²) in [5, 5.41) is 20.2. The third kappa shape index (κ3) is 4.73. The zero-order valence-electron chi connectivity index (χ0n) is 10.7. The molecule has 2 amide bonds. The van der Waals surface area contributed by atoms with Crippen molar-refractivity contribution in [3.05, 3.63) is 0 Å². The van der Waals surface area contributed by atoms with Crippen LogP contribution in [0.1, 0.15) is 20.3 Å². The van der Waals surface area contributed by atoms with E-state index >= 15 is 0 Å². The predicted octanol–water partition coefficient (Wildman–Crippen LogP) is 0.359. The zero-order chi connectivity index (χ0) is 13.8. The number of carboxylic acids is 1. The van der Waals surface area contributed by atoms with Crippen molar-refractivity contribution in [3.63, 3.8) is 0 Å². The highest BCUT2D eigenvalue weighted by Crippen LogP contribution is 2.29. The number of rotatable bonds is 4. The summed E-state index contributed by atoms with van der Waals surface area (Å²) < 4.78 is 0.0518. The number of aliphatic carboxylic acids is 1. The molecule has 1 saturated heterocycles. The number of carboxylic acid groups (broad SMARTS) is 1. The molecular weight excluding hydrogens is 256 g/mol. The molecule has 3 N–H and O–H groups in total. The quantitative estimate of drug-likeness (QED) is 0.690. The smallest absolute Gasteiger partial charge is 0.332 e. The van der Waals surface area contributed by atoms with Gasteiger partial charge < -0.3 is 20.4 Å². The second kappa shape index (κ2) is 6.29. The van der Waals surface area contributed by atoms with Crippen molar-refractivity contribution in [2.75, 3.05) is 25.4 Å². The summed E-state index contributed by atoms with van der Waals surface area (Å²) in [7, 11) is 0. The highest BCUT2D eigenvalue weighted by molar-refractivity contribution is 8.00. The lowest BCUT2D eigenvalue weighted by atomic mass is 10.2. The highest BCUT2D eigenvalue weighted by Gasteiger charge is 2.29. The number of carbonyl (C=O) groups excluding carboxylic acids is 1. The molecule has 0 aromatic carbocycles. The van der Waals surface area contributed by atoms with E-state index in [9.17, 15) is 9.59 Å². The average Bonchev–Trinajstić information content (AvgIpc) is 2.27. The molecule has 0 spiro atoms. The molecule has 7 heteroatoms. The Morgan fingerprint density at radius 1 is 1.50 bits per heavy atom. The molecular formula is C11H20N2O4S. The van der Waals surface area contributed by atoms with Crippen molar-refractivity contribution in [2.45, 2.75) is 31.1 Å². The summed E-state index contributed by atoms with van der Waals surface area (Å²) >= 11 is 1.83. The van der Waals surface area contributed by atoms with Gasteiger partial charge in [0.2, 0.25) is 0 Å². The van der Waals surface area contributed by atoms with Crippen LogP contribution in [0.25, 0.3) is 0 Å². The van der Waals surface area contributed by atoms with Crippen molar-refractivity contribution < 1.29 is 19.8 Å². The normalized spacial score (nSPS) is 20.3. The number of amides is 2. The van der Waals surface area contributed by atoms with Gasteiger partial charge in [0.25, 0.3) is 0 Å². The molecule has 0 bridgehead atoms. The fraction of sp³-hybridized carbons (Fsp3) is 0.818. The van der Waals surface area contributed by atoms with E-state index in [0.717, 1.165) is 5.75 Å². The van der Waals surface area contributed by atoms with Crippen LogP contribution >= 0.6 is 11.8 Å². The summed E-state index contributed by atoms with van der Waals surface area (Å²) in [5.41, 5.74) is 0. The lowest BCUT2D eigenvalue weighted by molar-refractivity contribution is -0.146. The first-order chi connectivity index (χ1) is 8.32. The fourth-order valence-electron chi connectivity index (χ4n) is 1.74. The molecule has 1 aliphatic rings. The molecule has 1 fully saturated rings. The van der Waals surface area contributed by atoms with Crippen LogP contribution in [0.2, 0.25) is 0 Å². The number of hydrogen-bond donors (Lipinski definition) is 3. The first-order valence-corrected chi connectivity index (χ1v) is 6.88. The van der Waals surface area contributed by atoms with Crippen molar-refractivity contribution in [3.8, 4) is 0 Å². The van der Waals surface area contributed by atoms with Gasteiger partial charge in [-0.2, -0.15) is 11.8 Å². The van der Waals surface area contributed by atoms with E-state index < -0.39 is 12.1 Å². The highest BCUT2D eigenvalue weighted by atomic mass is 32.2. The molecule has 0 radical (unpaired) electrons. The molecule has 1 aliphatic heterocycles. The second-order valence-corrected chi connectivity index (χ2v) is 6.71. The number of urea groups is 1. The minimum atomic E-state index is -1.42. The zero-order valence-corrected chi connectivity index (χ0v) is 11.5. The molecule has 1 heterocycles. The predicted molar refractivity (Wildman–Crippen MR) is 69.8 cm³/mol. The van der Waals surface area contributed by atoms with Gasteiger partial charge in [0, 0.05) is 36.6 Å². The van der Waals surface area contributed by atoms with Crippen LogP contribution in [0, 0.1) is 0 Å². The van der Waals surface area contributed by atoms with Crippen molar-refractivity contribution in [1.29, 1.82) is 0 Å². The van der Waals surface area contributed by atoms with Gasteiger partial charge in [0.1, 0.15) is 0 Å². The minimum absolute atomic E-state index is 0.0209. The molecule has 0 aromatic heterocycles. The molecule has 1 atom stereocenters. The Bertz CT molecular complexity index is 322. The monoisotopic (exact) mass is 276 g/mol. The van der Waals surface area contributed by atoms with Gasteiger partial charge >= 0.3 is 12.0 Å². The topological polar surface area (TPSA) is 89.9 Å². The number of hydrogen-bond acceptors (Lipinski definition) is 4. The summed E-state index contributed by atoms with van der Waals surface area (Å²) in [4.78, 5) is 23.9. The largest absolute Gasteiger partial charge is 0.479 e. The first kappa shape index (κ1) is 15.1. The van der Waals surface area contributed by atoms with E-state index in [0.29, 0.717) is 13.1 Å². The van der Waals surface area contributed by atoms with E-state index in [1.165, 1.54) is 0 Å². The molecule has 0 saturated carbocycles. The Labute approximate surface area is 111 Å².